The van der Waals surface area contributed by atoms with Gasteiger partial charge in [-0.05, 0) is 42.8 Å². The van der Waals surface area contributed by atoms with E-state index in [0.717, 1.165) is 40.7 Å². The van der Waals surface area contributed by atoms with Gasteiger partial charge in [-0.3, -0.25) is 4.98 Å². The molecule has 3 nitrogen and oxygen atoms in total. The molecule has 6 heteroatoms. The first-order valence-corrected chi connectivity index (χ1v) is 8.80. The zero-order chi connectivity index (χ0) is 16.1. The van der Waals surface area contributed by atoms with Crippen molar-refractivity contribution >= 4 is 34.5 Å². The summed E-state index contributed by atoms with van der Waals surface area (Å²) in [5.41, 5.74) is 2.06. The molecule has 1 aromatic carbocycles. The first-order chi connectivity index (χ1) is 11.2. The molecule has 0 bridgehead atoms. The van der Waals surface area contributed by atoms with E-state index in [1.807, 2.05) is 36.5 Å². The molecular weight excluding hydrogens is 349 g/mol. The molecule has 1 N–H and O–H groups in total. The Hall–Kier alpha value is -1.46. The molecule has 0 radical (unpaired) electrons. The quantitative estimate of drug-likeness (QED) is 0.636. The lowest BCUT2D eigenvalue weighted by atomic mass is 10.1. The standard InChI is InChI=1S/C17H15Cl2N3S/c18-13-5-4-12(14(19)9-13)6-8-20-11-17-22-10-16(23-17)15-3-1-2-7-21-15/h1-5,7,9-10,20H,6,8,11H2. The molecule has 0 amide bonds. The van der Waals surface area contributed by atoms with Crippen LogP contribution in [0.1, 0.15) is 10.6 Å². The fourth-order valence-electron chi connectivity index (χ4n) is 2.16. The van der Waals surface area contributed by atoms with Crippen molar-refractivity contribution < 1.29 is 0 Å². The van der Waals surface area contributed by atoms with Crippen molar-refractivity contribution in [3.63, 3.8) is 0 Å². The SMILES string of the molecule is Clc1ccc(CCNCc2ncc(-c3ccccn3)s2)c(Cl)c1. The van der Waals surface area contributed by atoms with E-state index in [2.05, 4.69) is 15.3 Å². The molecule has 2 aromatic heterocycles. The summed E-state index contributed by atoms with van der Waals surface area (Å²) in [7, 11) is 0. The van der Waals surface area contributed by atoms with E-state index in [1.54, 1.807) is 23.6 Å². The number of rotatable bonds is 6. The zero-order valence-electron chi connectivity index (χ0n) is 12.3. The van der Waals surface area contributed by atoms with Crippen molar-refractivity contribution in [1.82, 2.24) is 15.3 Å². The lowest BCUT2D eigenvalue weighted by molar-refractivity contribution is 0.684. The molecule has 0 fully saturated rings. The monoisotopic (exact) mass is 363 g/mol. The number of nitrogens with one attached hydrogen (secondary N) is 1. The van der Waals surface area contributed by atoms with Gasteiger partial charge in [-0.1, -0.05) is 35.3 Å². The van der Waals surface area contributed by atoms with Crippen LogP contribution in [-0.4, -0.2) is 16.5 Å². The van der Waals surface area contributed by atoms with Crippen LogP contribution < -0.4 is 5.32 Å². The molecule has 0 atom stereocenters. The van der Waals surface area contributed by atoms with Gasteiger partial charge >= 0.3 is 0 Å². The van der Waals surface area contributed by atoms with E-state index in [-0.39, 0.29) is 0 Å². The summed E-state index contributed by atoms with van der Waals surface area (Å²) >= 11 is 13.7. The molecule has 0 saturated heterocycles. The smallest absolute Gasteiger partial charge is 0.107 e. The van der Waals surface area contributed by atoms with Gasteiger partial charge in [0.2, 0.25) is 0 Å². The molecule has 0 aliphatic heterocycles. The summed E-state index contributed by atoms with van der Waals surface area (Å²) in [6, 6.07) is 11.5. The van der Waals surface area contributed by atoms with E-state index in [4.69, 9.17) is 23.2 Å². The maximum Gasteiger partial charge on any atom is 0.107 e. The van der Waals surface area contributed by atoms with Crippen LogP contribution in [0.5, 0.6) is 0 Å². The minimum absolute atomic E-state index is 0.663. The number of thiazole rings is 1. The number of hydrogen-bond acceptors (Lipinski definition) is 4. The molecule has 0 unspecified atom stereocenters. The lowest BCUT2D eigenvalue weighted by Gasteiger charge is -2.05. The van der Waals surface area contributed by atoms with Crippen molar-refractivity contribution in [2.45, 2.75) is 13.0 Å². The topological polar surface area (TPSA) is 37.8 Å². The first kappa shape index (κ1) is 16.4. The molecule has 0 aliphatic rings. The number of hydrogen-bond donors (Lipinski definition) is 1. The number of benzene rings is 1. The van der Waals surface area contributed by atoms with Gasteiger partial charge in [-0.25, -0.2) is 4.98 Å². The van der Waals surface area contributed by atoms with Crippen LogP contribution in [0.3, 0.4) is 0 Å². The highest BCUT2D eigenvalue weighted by Crippen LogP contribution is 2.24. The maximum atomic E-state index is 6.17. The molecule has 3 aromatic rings. The van der Waals surface area contributed by atoms with E-state index in [9.17, 15) is 0 Å². The second kappa shape index (κ2) is 7.88. The highest BCUT2D eigenvalue weighted by molar-refractivity contribution is 7.15. The molecule has 2 heterocycles. The highest BCUT2D eigenvalue weighted by atomic mass is 35.5. The van der Waals surface area contributed by atoms with Crippen LogP contribution in [0.15, 0.2) is 48.8 Å². The third-order valence-electron chi connectivity index (χ3n) is 3.33. The van der Waals surface area contributed by atoms with Gasteiger partial charge in [0.1, 0.15) is 5.01 Å². The average Bonchev–Trinajstić information content (AvgIpc) is 3.03. The summed E-state index contributed by atoms with van der Waals surface area (Å²) in [5, 5.41) is 5.82. The van der Waals surface area contributed by atoms with Gasteiger partial charge < -0.3 is 5.32 Å². The van der Waals surface area contributed by atoms with Gasteiger partial charge in [0.15, 0.2) is 0 Å². The molecular formula is C17H15Cl2N3S. The Morgan fingerprint density at radius 2 is 2.00 bits per heavy atom. The normalized spacial score (nSPS) is 10.9. The largest absolute Gasteiger partial charge is 0.310 e. The predicted octanol–water partition coefficient (Wildman–Crippen LogP) is 4.84. The summed E-state index contributed by atoms with van der Waals surface area (Å²) < 4.78 is 0. The predicted molar refractivity (Wildman–Crippen MR) is 97.2 cm³/mol. The highest BCUT2D eigenvalue weighted by Gasteiger charge is 2.05. The Bertz CT molecular complexity index is 775. The second-order valence-electron chi connectivity index (χ2n) is 5.00. The fourth-order valence-corrected chi connectivity index (χ4v) is 3.53. The summed E-state index contributed by atoms with van der Waals surface area (Å²) in [6.45, 7) is 1.57. The minimum atomic E-state index is 0.663. The second-order valence-corrected chi connectivity index (χ2v) is 6.95. The minimum Gasteiger partial charge on any atom is -0.310 e. The van der Waals surface area contributed by atoms with Crippen LogP contribution in [0, 0.1) is 0 Å². The van der Waals surface area contributed by atoms with Crippen molar-refractivity contribution in [2.75, 3.05) is 6.54 Å². The van der Waals surface area contributed by atoms with Crippen LogP contribution in [-0.2, 0) is 13.0 Å². The van der Waals surface area contributed by atoms with Gasteiger partial charge in [0.25, 0.3) is 0 Å². The Morgan fingerprint density at radius 1 is 1.09 bits per heavy atom. The maximum absolute atomic E-state index is 6.17. The zero-order valence-corrected chi connectivity index (χ0v) is 14.6. The molecule has 0 aliphatic carbocycles. The molecule has 118 valence electrons. The number of halogens is 2. The third-order valence-corrected chi connectivity index (χ3v) is 4.94. The first-order valence-electron chi connectivity index (χ1n) is 7.23. The Balaban J connectivity index is 1.50. The molecule has 3 rings (SSSR count). The van der Waals surface area contributed by atoms with Crippen molar-refractivity contribution in [1.29, 1.82) is 0 Å². The van der Waals surface area contributed by atoms with Gasteiger partial charge in [-0.2, -0.15) is 0 Å². The lowest BCUT2D eigenvalue weighted by Crippen LogP contribution is -2.16. The fraction of sp³-hybridized carbons (Fsp3) is 0.176. The molecule has 0 saturated carbocycles. The van der Waals surface area contributed by atoms with Gasteiger partial charge in [0, 0.05) is 29.0 Å². The Kier molecular flexibility index (Phi) is 5.62. The van der Waals surface area contributed by atoms with Crippen molar-refractivity contribution in [2.24, 2.45) is 0 Å². The Morgan fingerprint density at radius 3 is 2.78 bits per heavy atom. The van der Waals surface area contributed by atoms with Crippen LogP contribution in [0.2, 0.25) is 10.0 Å². The number of pyridine rings is 1. The molecule has 0 spiro atoms. The summed E-state index contributed by atoms with van der Waals surface area (Å²) in [6.07, 6.45) is 4.53. The summed E-state index contributed by atoms with van der Waals surface area (Å²) in [5.74, 6) is 0. The summed E-state index contributed by atoms with van der Waals surface area (Å²) in [4.78, 5) is 9.86. The van der Waals surface area contributed by atoms with Gasteiger partial charge in [0.05, 0.1) is 10.6 Å². The number of nitrogens with zero attached hydrogens (tertiary/aromatic N) is 2. The Labute approximate surface area is 149 Å². The van der Waals surface area contributed by atoms with Crippen LogP contribution in [0.25, 0.3) is 10.6 Å². The van der Waals surface area contributed by atoms with Crippen LogP contribution in [0.4, 0.5) is 0 Å². The van der Waals surface area contributed by atoms with E-state index >= 15 is 0 Å². The van der Waals surface area contributed by atoms with Crippen LogP contribution >= 0.6 is 34.5 Å². The molecule has 23 heavy (non-hydrogen) atoms. The van der Waals surface area contributed by atoms with Crippen molar-refractivity contribution in [3.05, 3.63) is 69.4 Å². The third kappa shape index (κ3) is 4.52. The average molecular weight is 364 g/mol. The van der Waals surface area contributed by atoms with E-state index < -0.39 is 0 Å². The van der Waals surface area contributed by atoms with E-state index in [0.29, 0.717) is 10.0 Å². The van der Waals surface area contributed by atoms with Gasteiger partial charge in [-0.15, -0.1) is 11.3 Å². The van der Waals surface area contributed by atoms with Crippen molar-refractivity contribution in [3.8, 4) is 10.6 Å². The number of aromatic nitrogens is 2. The van der Waals surface area contributed by atoms with E-state index in [1.165, 1.54) is 0 Å².